The molecule has 1 aromatic heterocycles. The summed E-state index contributed by atoms with van der Waals surface area (Å²) in [4.78, 5) is 17.0. The third kappa shape index (κ3) is 3.20. The van der Waals surface area contributed by atoms with Crippen molar-refractivity contribution in [2.75, 3.05) is 0 Å². The number of ether oxygens (including phenoxy) is 1. The Morgan fingerprint density at radius 3 is 2.43 bits per heavy atom. The van der Waals surface area contributed by atoms with E-state index in [0.29, 0.717) is 5.56 Å². The van der Waals surface area contributed by atoms with E-state index in [0.717, 1.165) is 54.0 Å². The molecule has 0 amide bonds. The highest BCUT2D eigenvalue weighted by Crippen LogP contribution is 2.46. The van der Waals surface area contributed by atoms with Crippen molar-refractivity contribution in [1.29, 1.82) is 0 Å². The number of carbonyl (C=O) groups is 1. The molecule has 30 heavy (non-hydrogen) atoms. The van der Waals surface area contributed by atoms with Crippen molar-refractivity contribution in [3.8, 4) is 5.75 Å². The highest BCUT2D eigenvalue weighted by Gasteiger charge is 2.41. The molecule has 5 rings (SSSR count). The van der Waals surface area contributed by atoms with E-state index in [1.807, 2.05) is 30.3 Å². The summed E-state index contributed by atoms with van der Waals surface area (Å²) in [5.74, 6) is -1.45. The Morgan fingerprint density at radius 2 is 1.77 bits per heavy atom. The van der Waals surface area contributed by atoms with E-state index in [1.54, 1.807) is 12.3 Å². The van der Waals surface area contributed by atoms with E-state index in [9.17, 15) is 13.6 Å². The van der Waals surface area contributed by atoms with Gasteiger partial charge in [-0.3, -0.25) is 9.78 Å². The third-order valence-corrected chi connectivity index (χ3v) is 5.80. The first-order chi connectivity index (χ1) is 14.5. The lowest BCUT2D eigenvalue weighted by Crippen LogP contribution is -2.43. The van der Waals surface area contributed by atoms with Crippen LogP contribution in [0.1, 0.15) is 46.4 Å². The molecular formula is C25H19F2NO2. The highest BCUT2D eigenvalue weighted by atomic mass is 19.1. The second-order valence-corrected chi connectivity index (χ2v) is 7.82. The maximum atomic E-state index is 13.9. The molecule has 3 nitrogen and oxygen atoms in total. The third-order valence-electron chi connectivity index (χ3n) is 5.80. The monoisotopic (exact) mass is 403 g/mol. The summed E-state index contributed by atoms with van der Waals surface area (Å²) < 4.78 is 34.0. The lowest BCUT2D eigenvalue weighted by molar-refractivity contribution is 0.0376. The number of hydrogen-bond donors (Lipinski definition) is 0. The Balaban J connectivity index is 1.43. The summed E-state index contributed by atoms with van der Waals surface area (Å²) >= 11 is 0. The minimum atomic E-state index is -0.848. The van der Waals surface area contributed by atoms with Gasteiger partial charge in [0.2, 0.25) is 0 Å². The average molecular weight is 403 g/mol. The van der Waals surface area contributed by atoms with Crippen molar-refractivity contribution in [2.45, 2.75) is 31.3 Å². The molecule has 2 heterocycles. The largest absolute Gasteiger partial charge is 0.483 e. The van der Waals surface area contributed by atoms with E-state index in [-0.39, 0.29) is 12.0 Å². The summed E-state index contributed by atoms with van der Waals surface area (Å²) in [5, 5.41) is 0. The molecule has 1 spiro atoms. The van der Waals surface area contributed by atoms with Gasteiger partial charge >= 0.3 is 0 Å². The number of carbonyl (C=O) groups excluding carboxylic acids is 1. The van der Waals surface area contributed by atoms with Crippen LogP contribution in [0.15, 0.2) is 66.9 Å². The molecule has 0 bridgehead atoms. The van der Waals surface area contributed by atoms with Gasteiger partial charge in [0.05, 0.1) is 11.3 Å². The highest BCUT2D eigenvalue weighted by molar-refractivity contribution is 5.98. The second-order valence-electron chi connectivity index (χ2n) is 7.82. The van der Waals surface area contributed by atoms with E-state index in [1.165, 1.54) is 6.07 Å². The number of fused-ring (bicyclic) bond motifs is 1. The minimum Gasteiger partial charge on any atom is -0.483 e. The number of para-hydroxylation sites is 1. The molecule has 2 aromatic carbocycles. The zero-order valence-electron chi connectivity index (χ0n) is 16.2. The predicted molar refractivity (Wildman–Crippen MR) is 109 cm³/mol. The number of ketones is 1. The van der Waals surface area contributed by atoms with Crippen LogP contribution in [0.4, 0.5) is 8.78 Å². The Kier molecular flexibility index (Phi) is 4.46. The molecular weight excluding hydrogens is 384 g/mol. The summed E-state index contributed by atoms with van der Waals surface area (Å²) in [6.07, 6.45) is 6.72. The summed E-state index contributed by atoms with van der Waals surface area (Å²) in [5.41, 5.74) is 2.61. The fourth-order valence-electron chi connectivity index (χ4n) is 4.08. The lowest BCUT2D eigenvalue weighted by Gasteiger charge is -2.43. The Labute approximate surface area is 173 Å². The van der Waals surface area contributed by atoms with E-state index >= 15 is 0 Å². The van der Waals surface area contributed by atoms with Gasteiger partial charge in [-0.2, -0.15) is 0 Å². The fraction of sp³-hybridized carbons (Fsp3) is 0.200. The van der Waals surface area contributed by atoms with E-state index in [2.05, 4.69) is 11.1 Å². The number of nitrogens with zero attached hydrogens (tertiary/aromatic N) is 1. The molecule has 5 heteroatoms. The second kappa shape index (κ2) is 7.17. The van der Waals surface area contributed by atoms with Crippen molar-refractivity contribution < 1.29 is 18.3 Å². The first-order valence-electron chi connectivity index (χ1n) is 9.98. The van der Waals surface area contributed by atoms with Gasteiger partial charge in [-0.1, -0.05) is 30.3 Å². The van der Waals surface area contributed by atoms with Crippen LogP contribution in [-0.2, 0) is 6.42 Å². The smallest absolute Gasteiger partial charge is 0.173 e. The first kappa shape index (κ1) is 18.7. The van der Waals surface area contributed by atoms with Gasteiger partial charge in [-0.25, -0.2) is 8.78 Å². The zero-order valence-corrected chi connectivity index (χ0v) is 16.2. The SMILES string of the molecule is O=C(Cc1ccc(C2=CC3(CCC3)Oc3ccccc32)nc1)c1c(F)cccc1F. The van der Waals surface area contributed by atoms with Gasteiger partial charge in [0.1, 0.15) is 23.0 Å². The molecule has 0 N–H and O–H groups in total. The van der Waals surface area contributed by atoms with Crippen LogP contribution >= 0.6 is 0 Å². The van der Waals surface area contributed by atoms with Crippen LogP contribution in [0.3, 0.4) is 0 Å². The number of halogens is 2. The topological polar surface area (TPSA) is 39.2 Å². The molecule has 3 aromatic rings. The van der Waals surface area contributed by atoms with Gasteiger partial charge in [0, 0.05) is 23.8 Å². The number of aromatic nitrogens is 1. The molecule has 1 fully saturated rings. The molecule has 0 radical (unpaired) electrons. The van der Waals surface area contributed by atoms with Gasteiger partial charge in [-0.15, -0.1) is 0 Å². The van der Waals surface area contributed by atoms with Crippen molar-refractivity contribution in [2.24, 2.45) is 0 Å². The maximum absolute atomic E-state index is 13.9. The molecule has 1 aliphatic carbocycles. The quantitative estimate of drug-likeness (QED) is 0.538. The Bertz CT molecular complexity index is 1140. The molecule has 0 unspecified atom stereocenters. The number of Topliss-reactive ketones (excluding diaryl/α,β-unsaturated/α-hetero) is 1. The van der Waals surface area contributed by atoms with Gasteiger partial charge < -0.3 is 4.74 Å². The predicted octanol–water partition coefficient (Wildman–Crippen LogP) is 5.53. The standard InChI is InChI=1S/C25H19F2NO2/c26-19-6-3-7-20(27)24(19)22(29)13-16-9-10-21(28-15-16)18-14-25(11-4-12-25)30-23-8-2-1-5-17(18)23/h1-3,5-10,14-15H,4,11-13H2. The Hall–Kier alpha value is -3.34. The van der Waals surface area contributed by atoms with Crippen molar-refractivity contribution >= 4 is 11.4 Å². The number of pyridine rings is 1. The molecule has 150 valence electrons. The van der Waals surface area contributed by atoms with Crippen LogP contribution in [0.25, 0.3) is 5.57 Å². The molecule has 1 aliphatic heterocycles. The normalized spacial score (nSPS) is 16.3. The van der Waals surface area contributed by atoms with Gasteiger partial charge in [0.25, 0.3) is 0 Å². The van der Waals surface area contributed by atoms with Gasteiger partial charge in [-0.05, 0) is 55.2 Å². The molecule has 2 aliphatic rings. The van der Waals surface area contributed by atoms with Crippen LogP contribution in [-0.4, -0.2) is 16.4 Å². The average Bonchev–Trinajstić information content (AvgIpc) is 2.72. The summed E-state index contributed by atoms with van der Waals surface area (Å²) in [6, 6.07) is 14.9. The van der Waals surface area contributed by atoms with Crippen molar-refractivity contribution in [3.63, 3.8) is 0 Å². The van der Waals surface area contributed by atoms with Crippen LogP contribution in [0, 0.1) is 11.6 Å². The zero-order chi connectivity index (χ0) is 20.7. The van der Waals surface area contributed by atoms with Crippen molar-refractivity contribution in [3.05, 3.63) is 101 Å². The van der Waals surface area contributed by atoms with Crippen LogP contribution in [0.5, 0.6) is 5.75 Å². The number of benzene rings is 2. The fourth-order valence-corrected chi connectivity index (χ4v) is 4.08. The molecule has 1 saturated carbocycles. The first-order valence-corrected chi connectivity index (χ1v) is 9.98. The summed E-state index contributed by atoms with van der Waals surface area (Å²) in [7, 11) is 0. The van der Waals surface area contributed by atoms with Crippen LogP contribution in [0.2, 0.25) is 0 Å². The molecule has 0 atom stereocenters. The summed E-state index contributed by atoms with van der Waals surface area (Å²) in [6.45, 7) is 0. The van der Waals surface area contributed by atoms with E-state index < -0.39 is 23.0 Å². The maximum Gasteiger partial charge on any atom is 0.173 e. The number of hydrogen-bond acceptors (Lipinski definition) is 3. The Morgan fingerprint density at radius 1 is 1.00 bits per heavy atom. The van der Waals surface area contributed by atoms with Crippen molar-refractivity contribution in [1.82, 2.24) is 4.98 Å². The van der Waals surface area contributed by atoms with Crippen LogP contribution < -0.4 is 4.74 Å². The number of rotatable bonds is 4. The van der Waals surface area contributed by atoms with E-state index in [4.69, 9.17) is 4.74 Å². The lowest BCUT2D eigenvalue weighted by atomic mass is 9.76. The van der Waals surface area contributed by atoms with Gasteiger partial charge in [0.15, 0.2) is 5.78 Å². The molecule has 0 saturated heterocycles. The minimum absolute atomic E-state index is 0.117.